The number of fused-ring (bicyclic) bond motifs is 1. The Hall–Kier alpha value is -2.19. The first-order valence-electron chi connectivity index (χ1n) is 8.91. The van der Waals surface area contributed by atoms with Gasteiger partial charge < -0.3 is 9.74 Å². The molecule has 27 heavy (non-hydrogen) atoms. The summed E-state index contributed by atoms with van der Waals surface area (Å²) in [7, 11) is 0. The van der Waals surface area contributed by atoms with E-state index in [1.165, 1.54) is 0 Å². The van der Waals surface area contributed by atoms with Crippen LogP contribution in [-0.4, -0.2) is 53.9 Å². The molecular weight excluding hydrogens is 415 g/mol. The normalized spacial score (nSPS) is 24.4. The fourth-order valence-electron chi connectivity index (χ4n) is 3.41. The first kappa shape index (κ1) is 18.2. The SMILES string of the molecule is O=C(NC1=NOC2C=CC=CC12)N1CCN(Cc2ccc(Br)c(F)c2)CC1. The van der Waals surface area contributed by atoms with E-state index in [9.17, 15) is 9.18 Å². The van der Waals surface area contributed by atoms with Crippen LogP contribution in [-0.2, 0) is 11.4 Å². The highest BCUT2D eigenvalue weighted by Gasteiger charge is 2.33. The van der Waals surface area contributed by atoms with E-state index >= 15 is 0 Å². The number of oxime groups is 1. The molecule has 0 radical (unpaired) electrons. The number of carbonyl (C=O) groups excluding carboxylic acids is 1. The molecule has 8 heteroatoms. The maximum atomic E-state index is 13.7. The number of nitrogens with one attached hydrogen (secondary N) is 1. The molecule has 2 aliphatic heterocycles. The third-order valence-corrected chi connectivity index (χ3v) is 5.60. The Bertz CT molecular complexity index is 818. The van der Waals surface area contributed by atoms with E-state index in [2.05, 4.69) is 31.3 Å². The van der Waals surface area contributed by atoms with Gasteiger partial charge in [-0.05, 0) is 39.7 Å². The number of amidine groups is 1. The number of allylic oxidation sites excluding steroid dienone is 2. The van der Waals surface area contributed by atoms with Crippen molar-refractivity contribution in [1.29, 1.82) is 0 Å². The largest absolute Gasteiger partial charge is 0.386 e. The Kier molecular flexibility index (Phi) is 5.27. The summed E-state index contributed by atoms with van der Waals surface area (Å²) in [6.07, 6.45) is 7.62. The van der Waals surface area contributed by atoms with Gasteiger partial charge in [0.2, 0.25) is 0 Å². The highest BCUT2D eigenvalue weighted by molar-refractivity contribution is 9.10. The first-order chi connectivity index (χ1) is 13.1. The zero-order valence-corrected chi connectivity index (χ0v) is 16.2. The van der Waals surface area contributed by atoms with Crippen LogP contribution in [0.5, 0.6) is 0 Å². The molecule has 0 spiro atoms. The summed E-state index contributed by atoms with van der Waals surface area (Å²) >= 11 is 3.17. The van der Waals surface area contributed by atoms with Gasteiger partial charge in [0.05, 0.1) is 10.4 Å². The molecule has 2 unspecified atom stereocenters. The summed E-state index contributed by atoms with van der Waals surface area (Å²) in [6, 6.07) is 5.02. The van der Waals surface area contributed by atoms with Crippen LogP contribution in [0, 0.1) is 11.7 Å². The van der Waals surface area contributed by atoms with Gasteiger partial charge in [-0.1, -0.05) is 29.5 Å². The Morgan fingerprint density at radius 3 is 2.81 bits per heavy atom. The van der Waals surface area contributed by atoms with Gasteiger partial charge in [-0.15, -0.1) is 0 Å². The lowest BCUT2D eigenvalue weighted by Crippen LogP contribution is -2.53. The van der Waals surface area contributed by atoms with Gasteiger partial charge in [0, 0.05) is 32.7 Å². The lowest BCUT2D eigenvalue weighted by molar-refractivity contribution is 0.105. The maximum Gasteiger partial charge on any atom is 0.322 e. The van der Waals surface area contributed by atoms with Crippen LogP contribution in [0.1, 0.15) is 5.56 Å². The van der Waals surface area contributed by atoms with Crippen LogP contribution >= 0.6 is 15.9 Å². The van der Waals surface area contributed by atoms with Crippen LogP contribution in [0.15, 0.2) is 52.1 Å². The molecule has 0 bridgehead atoms. The third kappa shape index (κ3) is 4.06. The van der Waals surface area contributed by atoms with Gasteiger partial charge in [0.1, 0.15) is 5.82 Å². The molecule has 1 aromatic carbocycles. The van der Waals surface area contributed by atoms with Crippen molar-refractivity contribution in [1.82, 2.24) is 15.1 Å². The first-order valence-corrected chi connectivity index (χ1v) is 9.70. The maximum absolute atomic E-state index is 13.7. The Balaban J connectivity index is 1.27. The topological polar surface area (TPSA) is 57.2 Å². The molecule has 1 aromatic rings. The fraction of sp³-hybridized carbons (Fsp3) is 0.368. The summed E-state index contributed by atoms with van der Waals surface area (Å²) in [5.74, 6) is 0.265. The zero-order chi connectivity index (χ0) is 18.8. The second-order valence-corrected chi connectivity index (χ2v) is 7.64. The summed E-state index contributed by atoms with van der Waals surface area (Å²) in [5.41, 5.74) is 0.925. The molecule has 1 fully saturated rings. The van der Waals surface area contributed by atoms with Crippen molar-refractivity contribution in [3.8, 4) is 0 Å². The van der Waals surface area contributed by atoms with E-state index in [1.807, 2.05) is 30.4 Å². The van der Waals surface area contributed by atoms with Gasteiger partial charge in [0.15, 0.2) is 11.9 Å². The predicted octanol–water partition coefficient (Wildman–Crippen LogP) is 2.87. The third-order valence-electron chi connectivity index (χ3n) is 4.96. The molecule has 1 aliphatic carbocycles. The molecule has 1 N–H and O–H groups in total. The quantitative estimate of drug-likeness (QED) is 0.778. The van der Waals surface area contributed by atoms with Crippen LogP contribution in [0.2, 0.25) is 0 Å². The Morgan fingerprint density at radius 1 is 1.26 bits per heavy atom. The number of nitrogens with zero attached hydrogens (tertiary/aromatic N) is 3. The monoisotopic (exact) mass is 434 g/mol. The predicted molar refractivity (Wildman–Crippen MR) is 104 cm³/mol. The number of rotatable bonds is 2. The van der Waals surface area contributed by atoms with Crippen molar-refractivity contribution < 1.29 is 14.0 Å². The van der Waals surface area contributed by atoms with Gasteiger partial charge >= 0.3 is 6.03 Å². The Labute approximate surface area is 165 Å². The molecule has 0 saturated carbocycles. The second kappa shape index (κ2) is 7.82. The van der Waals surface area contributed by atoms with E-state index < -0.39 is 0 Å². The minimum Gasteiger partial charge on any atom is -0.386 e. The van der Waals surface area contributed by atoms with E-state index in [0.717, 1.165) is 18.7 Å². The lowest BCUT2D eigenvalue weighted by Gasteiger charge is -2.34. The highest BCUT2D eigenvalue weighted by atomic mass is 79.9. The van der Waals surface area contributed by atoms with Gasteiger partial charge in [-0.3, -0.25) is 10.2 Å². The van der Waals surface area contributed by atoms with Crippen molar-refractivity contribution in [2.45, 2.75) is 12.6 Å². The molecule has 2 atom stereocenters. The number of amides is 2. The van der Waals surface area contributed by atoms with Gasteiger partial charge in [-0.25, -0.2) is 9.18 Å². The number of piperazine rings is 1. The minimum atomic E-state index is -0.255. The molecule has 2 heterocycles. The highest BCUT2D eigenvalue weighted by Crippen LogP contribution is 2.23. The summed E-state index contributed by atoms with van der Waals surface area (Å²) in [5, 5.41) is 6.89. The molecule has 6 nitrogen and oxygen atoms in total. The number of hydrogen-bond acceptors (Lipinski definition) is 4. The lowest BCUT2D eigenvalue weighted by atomic mass is 9.97. The molecule has 142 valence electrons. The number of carbonyl (C=O) groups is 1. The summed E-state index contributed by atoms with van der Waals surface area (Å²) < 4.78 is 14.1. The number of benzene rings is 1. The van der Waals surface area contributed by atoms with Crippen molar-refractivity contribution in [3.63, 3.8) is 0 Å². The number of urea groups is 1. The van der Waals surface area contributed by atoms with Crippen LogP contribution in [0.4, 0.5) is 9.18 Å². The van der Waals surface area contributed by atoms with Crippen molar-refractivity contribution in [2.75, 3.05) is 26.2 Å². The van der Waals surface area contributed by atoms with Crippen molar-refractivity contribution in [3.05, 3.63) is 58.4 Å². The van der Waals surface area contributed by atoms with Gasteiger partial charge in [-0.2, -0.15) is 0 Å². The number of halogens is 2. The molecule has 0 aromatic heterocycles. The average molecular weight is 435 g/mol. The van der Waals surface area contributed by atoms with Crippen LogP contribution < -0.4 is 5.32 Å². The molecule has 1 saturated heterocycles. The molecular formula is C19H20BrFN4O2. The van der Waals surface area contributed by atoms with E-state index in [1.54, 1.807) is 17.0 Å². The summed E-state index contributed by atoms with van der Waals surface area (Å²) in [4.78, 5) is 21.9. The zero-order valence-electron chi connectivity index (χ0n) is 14.6. The van der Waals surface area contributed by atoms with E-state index in [0.29, 0.717) is 29.9 Å². The number of hydrogen-bond donors (Lipinski definition) is 1. The average Bonchev–Trinajstić information content (AvgIpc) is 3.08. The minimum absolute atomic E-state index is 0.0347. The Morgan fingerprint density at radius 2 is 2.04 bits per heavy atom. The van der Waals surface area contributed by atoms with E-state index in [-0.39, 0.29) is 23.9 Å². The van der Waals surface area contributed by atoms with Crippen LogP contribution in [0.3, 0.4) is 0 Å². The van der Waals surface area contributed by atoms with Crippen molar-refractivity contribution >= 4 is 27.8 Å². The molecule has 2 amide bonds. The second-order valence-electron chi connectivity index (χ2n) is 6.78. The summed E-state index contributed by atoms with van der Waals surface area (Å²) in [6.45, 7) is 3.37. The molecule has 4 rings (SSSR count). The van der Waals surface area contributed by atoms with Crippen molar-refractivity contribution in [2.24, 2.45) is 11.1 Å². The van der Waals surface area contributed by atoms with E-state index in [4.69, 9.17) is 4.84 Å². The van der Waals surface area contributed by atoms with Crippen LogP contribution in [0.25, 0.3) is 0 Å². The van der Waals surface area contributed by atoms with Gasteiger partial charge in [0.25, 0.3) is 0 Å². The smallest absolute Gasteiger partial charge is 0.322 e. The fourth-order valence-corrected chi connectivity index (χ4v) is 3.66. The standard InChI is InChI=1S/C19H20BrFN4O2/c20-15-6-5-13(11-16(15)21)12-24-7-9-25(10-8-24)19(26)22-18-14-3-1-2-4-17(14)27-23-18/h1-6,11,14,17H,7-10,12H2,(H,22,23,26). The molecule has 3 aliphatic rings.